The van der Waals surface area contributed by atoms with Crippen LogP contribution < -0.4 is 10.1 Å². The minimum Gasteiger partial charge on any atom is -0.495 e. The molecular weight excluding hydrogens is 378 g/mol. The number of nitrogens with one attached hydrogen (secondary N) is 1. The topological polar surface area (TPSA) is 72.7 Å². The van der Waals surface area contributed by atoms with Crippen molar-refractivity contribution in [3.63, 3.8) is 0 Å². The fourth-order valence-electron chi connectivity index (χ4n) is 4.14. The summed E-state index contributed by atoms with van der Waals surface area (Å²) in [5.74, 6) is 1.14. The molecule has 3 aromatic rings. The SMILES string of the molecule is COc1ccc2ncc(C(=O)c3ccc(C(=O)NCCC4CCCCC4)cc3)n2c1. The number of hydrogen-bond donors (Lipinski definition) is 1. The van der Waals surface area contributed by atoms with Gasteiger partial charge < -0.3 is 10.1 Å². The van der Waals surface area contributed by atoms with E-state index >= 15 is 0 Å². The number of pyridine rings is 1. The highest BCUT2D eigenvalue weighted by molar-refractivity contribution is 6.08. The quantitative estimate of drug-likeness (QED) is 0.596. The van der Waals surface area contributed by atoms with E-state index in [1.165, 1.54) is 32.1 Å². The van der Waals surface area contributed by atoms with E-state index in [4.69, 9.17) is 4.74 Å². The second-order valence-electron chi connectivity index (χ2n) is 7.90. The zero-order chi connectivity index (χ0) is 20.9. The lowest BCUT2D eigenvalue weighted by Gasteiger charge is -2.21. The monoisotopic (exact) mass is 405 g/mol. The van der Waals surface area contributed by atoms with Gasteiger partial charge in [0.2, 0.25) is 5.78 Å². The lowest BCUT2D eigenvalue weighted by molar-refractivity contribution is 0.0948. The predicted octanol–water partition coefficient (Wildman–Crippen LogP) is 4.27. The van der Waals surface area contributed by atoms with Crippen molar-refractivity contribution >= 4 is 17.3 Å². The van der Waals surface area contributed by atoms with Gasteiger partial charge in [-0.05, 0) is 36.6 Å². The zero-order valence-corrected chi connectivity index (χ0v) is 17.3. The van der Waals surface area contributed by atoms with Crippen LogP contribution in [-0.2, 0) is 0 Å². The Kier molecular flexibility index (Phi) is 6.12. The molecule has 0 spiro atoms. The molecule has 1 aliphatic carbocycles. The summed E-state index contributed by atoms with van der Waals surface area (Å²) in [6.07, 6.45) is 10.9. The van der Waals surface area contributed by atoms with E-state index < -0.39 is 0 Å². The second-order valence-corrected chi connectivity index (χ2v) is 7.90. The molecule has 6 nitrogen and oxygen atoms in total. The molecule has 0 aliphatic heterocycles. The zero-order valence-electron chi connectivity index (χ0n) is 17.3. The molecule has 0 bridgehead atoms. The van der Waals surface area contributed by atoms with Crippen LogP contribution in [0, 0.1) is 5.92 Å². The van der Waals surface area contributed by atoms with Gasteiger partial charge in [0.1, 0.15) is 17.1 Å². The average molecular weight is 405 g/mol. The highest BCUT2D eigenvalue weighted by atomic mass is 16.5. The summed E-state index contributed by atoms with van der Waals surface area (Å²) in [7, 11) is 1.58. The first-order valence-corrected chi connectivity index (χ1v) is 10.6. The molecule has 1 saturated carbocycles. The van der Waals surface area contributed by atoms with Crippen LogP contribution in [0.4, 0.5) is 0 Å². The van der Waals surface area contributed by atoms with Crippen molar-refractivity contribution in [1.29, 1.82) is 0 Å². The molecule has 1 aromatic carbocycles. The van der Waals surface area contributed by atoms with Gasteiger partial charge in [-0.25, -0.2) is 4.98 Å². The molecule has 0 atom stereocenters. The molecule has 0 unspecified atom stereocenters. The van der Waals surface area contributed by atoms with Gasteiger partial charge in [0.15, 0.2) is 0 Å². The van der Waals surface area contributed by atoms with Gasteiger partial charge in [0, 0.05) is 17.7 Å². The van der Waals surface area contributed by atoms with Gasteiger partial charge in [0.25, 0.3) is 5.91 Å². The molecule has 4 rings (SSSR count). The standard InChI is InChI=1S/C24H27N3O3/c1-30-20-11-12-22-26-15-21(27(22)16-20)23(28)18-7-9-19(10-8-18)24(29)25-14-13-17-5-3-2-4-6-17/h7-12,15-17H,2-6,13-14H2,1H3,(H,25,29). The predicted molar refractivity (Wildman–Crippen MR) is 115 cm³/mol. The third-order valence-electron chi connectivity index (χ3n) is 5.92. The van der Waals surface area contributed by atoms with Crippen LogP contribution in [0.15, 0.2) is 48.8 Å². The van der Waals surface area contributed by atoms with Crippen LogP contribution in [0.25, 0.3) is 5.65 Å². The van der Waals surface area contributed by atoms with Gasteiger partial charge >= 0.3 is 0 Å². The highest BCUT2D eigenvalue weighted by Crippen LogP contribution is 2.25. The minimum absolute atomic E-state index is 0.0932. The molecule has 2 aromatic heterocycles. The maximum absolute atomic E-state index is 12.9. The summed E-state index contributed by atoms with van der Waals surface area (Å²) in [6, 6.07) is 10.4. The summed E-state index contributed by atoms with van der Waals surface area (Å²) in [4.78, 5) is 29.6. The average Bonchev–Trinajstić information content (AvgIpc) is 3.22. The molecule has 156 valence electrons. The Bertz CT molecular complexity index is 1030. The first kappa shape index (κ1) is 20.1. The highest BCUT2D eigenvalue weighted by Gasteiger charge is 2.17. The number of methoxy groups -OCH3 is 1. The Morgan fingerprint density at radius 2 is 1.80 bits per heavy atom. The lowest BCUT2D eigenvalue weighted by Crippen LogP contribution is -2.26. The Morgan fingerprint density at radius 1 is 1.07 bits per heavy atom. The number of aromatic nitrogens is 2. The first-order valence-electron chi connectivity index (χ1n) is 10.6. The normalized spacial score (nSPS) is 14.6. The Balaban J connectivity index is 1.40. The summed E-state index contributed by atoms with van der Waals surface area (Å²) in [6.45, 7) is 0.702. The summed E-state index contributed by atoms with van der Waals surface area (Å²) in [5.41, 5.74) is 2.20. The lowest BCUT2D eigenvalue weighted by atomic mass is 9.87. The van der Waals surface area contributed by atoms with Crippen LogP contribution in [0.3, 0.4) is 0 Å². The molecule has 1 aliphatic rings. The molecular formula is C24H27N3O3. The van der Waals surface area contributed by atoms with E-state index in [0.29, 0.717) is 34.8 Å². The Hall–Kier alpha value is -3.15. The molecule has 0 saturated heterocycles. The van der Waals surface area contributed by atoms with Gasteiger partial charge in [-0.15, -0.1) is 0 Å². The van der Waals surface area contributed by atoms with Crippen molar-refractivity contribution in [1.82, 2.24) is 14.7 Å². The molecule has 1 fully saturated rings. The number of rotatable bonds is 7. The molecule has 2 heterocycles. The van der Waals surface area contributed by atoms with Crippen molar-refractivity contribution in [2.24, 2.45) is 5.92 Å². The number of amides is 1. The van der Waals surface area contributed by atoms with Crippen LogP contribution in [0.5, 0.6) is 5.75 Å². The number of nitrogens with zero attached hydrogens (tertiary/aromatic N) is 2. The van der Waals surface area contributed by atoms with Gasteiger partial charge in [0.05, 0.1) is 19.5 Å². The molecule has 30 heavy (non-hydrogen) atoms. The Morgan fingerprint density at radius 3 is 2.53 bits per heavy atom. The number of carbonyl (C=O) groups is 2. The number of imidazole rings is 1. The fourth-order valence-corrected chi connectivity index (χ4v) is 4.14. The van der Waals surface area contributed by atoms with E-state index in [-0.39, 0.29) is 11.7 Å². The number of benzene rings is 1. The fraction of sp³-hybridized carbons (Fsp3) is 0.375. The summed E-state index contributed by atoms with van der Waals surface area (Å²) >= 11 is 0. The van der Waals surface area contributed by atoms with Crippen LogP contribution in [0.2, 0.25) is 0 Å². The van der Waals surface area contributed by atoms with Crippen molar-refractivity contribution in [3.05, 3.63) is 65.6 Å². The van der Waals surface area contributed by atoms with Crippen molar-refractivity contribution < 1.29 is 14.3 Å². The maximum atomic E-state index is 12.9. The third-order valence-corrected chi connectivity index (χ3v) is 5.92. The van der Waals surface area contributed by atoms with Crippen LogP contribution in [0.1, 0.15) is 64.9 Å². The molecule has 1 N–H and O–H groups in total. The molecule has 6 heteroatoms. The smallest absolute Gasteiger partial charge is 0.251 e. The van der Waals surface area contributed by atoms with Crippen LogP contribution >= 0.6 is 0 Å². The third kappa shape index (κ3) is 4.37. The molecule has 0 radical (unpaired) electrons. The number of hydrogen-bond acceptors (Lipinski definition) is 4. The Labute approximate surface area is 176 Å². The van der Waals surface area contributed by atoms with Crippen molar-refractivity contribution in [2.75, 3.05) is 13.7 Å². The maximum Gasteiger partial charge on any atom is 0.251 e. The van der Waals surface area contributed by atoms with E-state index in [0.717, 1.165) is 12.3 Å². The number of carbonyl (C=O) groups excluding carboxylic acids is 2. The molecule has 1 amide bonds. The summed E-state index contributed by atoms with van der Waals surface area (Å²) in [5, 5.41) is 3.01. The van der Waals surface area contributed by atoms with Crippen molar-refractivity contribution in [3.8, 4) is 5.75 Å². The van der Waals surface area contributed by atoms with Crippen molar-refractivity contribution in [2.45, 2.75) is 38.5 Å². The second kappa shape index (κ2) is 9.11. The minimum atomic E-state index is -0.153. The van der Waals surface area contributed by atoms with E-state index in [1.807, 2.05) is 0 Å². The number of fused-ring (bicyclic) bond motifs is 1. The largest absolute Gasteiger partial charge is 0.495 e. The summed E-state index contributed by atoms with van der Waals surface area (Å²) < 4.78 is 6.96. The van der Waals surface area contributed by atoms with Crippen LogP contribution in [-0.4, -0.2) is 34.7 Å². The van der Waals surface area contributed by atoms with Gasteiger partial charge in [-0.1, -0.05) is 44.2 Å². The van der Waals surface area contributed by atoms with E-state index in [2.05, 4.69) is 10.3 Å². The number of ketones is 1. The number of ether oxygens (including phenoxy) is 1. The first-order chi connectivity index (χ1) is 14.7. The van der Waals surface area contributed by atoms with E-state index in [1.54, 1.807) is 60.3 Å². The van der Waals surface area contributed by atoms with E-state index in [9.17, 15) is 9.59 Å². The van der Waals surface area contributed by atoms with Gasteiger partial charge in [-0.2, -0.15) is 0 Å². The van der Waals surface area contributed by atoms with Gasteiger partial charge in [-0.3, -0.25) is 14.0 Å².